The number of aryl methyl sites for hydroxylation is 1. The molecule has 17 heavy (non-hydrogen) atoms. The molecule has 0 fully saturated rings. The van der Waals surface area contributed by atoms with Gasteiger partial charge in [-0.25, -0.2) is 0 Å². The van der Waals surface area contributed by atoms with Gasteiger partial charge in [-0.15, -0.1) is 0 Å². The molecular weight excluding hydrogens is 304 g/mol. The summed E-state index contributed by atoms with van der Waals surface area (Å²) in [5.74, 6) is 0. The largest absolute Gasteiger partial charge is 0.296 e. The van der Waals surface area contributed by atoms with Crippen LogP contribution in [0.4, 0.5) is 0 Å². The molecule has 0 unspecified atom stereocenters. The van der Waals surface area contributed by atoms with Crippen molar-refractivity contribution >= 4 is 26.0 Å². The van der Waals surface area contributed by atoms with Crippen LogP contribution in [0.25, 0.3) is 0 Å². The predicted molar refractivity (Wildman–Crippen MR) is 71.9 cm³/mol. The standard InChI is InChI=1S/C12H17BrO3S/c1-10-4-6-11(7-5-10)17(14,15)16-9-12(2,3)8-13/h4-7H,8-9H2,1-3H3. The minimum atomic E-state index is -3.64. The Labute approximate surface area is 111 Å². The molecule has 0 aliphatic heterocycles. The van der Waals surface area contributed by atoms with Crippen LogP contribution in [-0.2, 0) is 14.3 Å². The molecule has 1 aromatic carbocycles. The Morgan fingerprint density at radius 1 is 1.24 bits per heavy atom. The van der Waals surface area contributed by atoms with E-state index in [2.05, 4.69) is 15.9 Å². The SMILES string of the molecule is Cc1ccc(S(=O)(=O)OCC(C)(C)CBr)cc1. The van der Waals surface area contributed by atoms with E-state index < -0.39 is 10.1 Å². The molecule has 5 heteroatoms. The Morgan fingerprint density at radius 3 is 2.24 bits per heavy atom. The van der Waals surface area contributed by atoms with Crippen molar-refractivity contribution in [1.82, 2.24) is 0 Å². The Kier molecular flexibility index (Phi) is 4.75. The first-order valence-corrected chi connectivity index (χ1v) is 7.82. The first-order valence-electron chi connectivity index (χ1n) is 5.29. The summed E-state index contributed by atoms with van der Waals surface area (Å²) in [5, 5.41) is 0.684. The normalized spacial score (nSPS) is 12.7. The van der Waals surface area contributed by atoms with Crippen molar-refractivity contribution in [3.8, 4) is 0 Å². The molecule has 0 saturated carbocycles. The molecule has 96 valence electrons. The minimum absolute atomic E-state index is 0.161. The van der Waals surface area contributed by atoms with Gasteiger partial charge in [0.25, 0.3) is 10.1 Å². The lowest BCUT2D eigenvalue weighted by atomic mass is 9.99. The lowest BCUT2D eigenvalue weighted by Gasteiger charge is -2.20. The molecule has 0 saturated heterocycles. The molecule has 0 amide bonds. The Balaban J connectivity index is 2.79. The van der Waals surface area contributed by atoms with Gasteiger partial charge in [0.2, 0.25) is 0 Å². The molecular formula is C12H17BrO3S. The van der Waals surface area contributed by atoms with Gasteiger partial charge in [0.15, 0.2) is 0 Å². The summed E-state index contributed by atoms with van der Waals surface area (Å²) in [5.41, 5.74) is 0.808. The van der Waals surface area contributed by atoms with E-state index in [9.17, 15) is 8.42 Å². The number of rotatable bonds is 5. The third-order valence-electron chi connectivity index (χ3n) is 2.28. The van der Waals surface area contributed by atoms with Crippen LogP contribution in [-0.4, -0.2) is 20.4 Å². The topological polar surface area (TPSA) is 43.4 Å². The molecule has 1 rings (SSSR count). The van der Waals surface area contributed by atoms with Gasteiger partial charge in [0, 0.05) is 5.33 Å². The highest BCUT2D eigenvalue weighted by Gasteiger charge is 2.22. The van der Waals surface area contributed by atoms with Crippen molar-refractivity contribution in [2.45, 2.75) is 25.7 Å². The molecule has 0 bridgehead atoms. The fraction of sp³-hybridized carbons (Fsp3) is 0.500. The van der Waals surface area contributed by atoms with Gasteiger partial charge < -0.3 is 0 Å². The molecule has 3 nitrogen and oxygen atoms in total. The summed E-state index contributed by atoms with van der Waals surface area (Å²) < 4.78 is 28.8. The zero-order valence-electron chi connectivity index (χ0n) is 10.2. The van der Waals surface area contributed by atoms with Crippen molar-refractivity contribution in [2.75, 3.05) is 11.9 Å². The Morgan fingerprint density at radius 2 is 1.76 bits per heavy atom. The molecule has 0 N–H and O–H groups in total. The smallest absolute Gasteiger partial charge is 0.266 e. The van der Waals surface area contributed by atoms with Crippen molar-refractivity contribution in [2.24, 2.45) is 5.41 Å². The van der Waals surface area contributed by atoms with Crippen LogP contribution >= 0.6 is 15.9 Å². The van der Waals surface area contributed by atoms with Crippen LogP contribution in [0.2, 0.25) is 0 Å². The van der Waals surface area contributed by atoms with Gasteiger partial charge in [0.05, 0.1) is 11.5 Å². The number of hydrogen-bond acceptors (Lipinski definition) is 3. The third-order valence-corrected chi connectivity index (χ3v) is 5.07. The quantitative estimate of drug-likeness (QED) is 0.618. The van der Waals surface area contributed by atoms with E-state index in [-0.39, 0.29) is 16.9 Å². The second kappa shape index (κ2) is 5.50. The summed E-state index contributed by atoms with van der Waals surface area (Å²) >= 11 is 3.33. The van der Waals surface area contributed by atoms with E-state index in [1.807, 2.05) is 20.8 Å². The molecule has 1 aromatic rings. The summed E-state index contributed by atoms with van der Waals surface area (Å²) in [6.45, 7) is 5.94. The highest BCUT2D eigenvalue weighted by molar-refractivity contribution is 9.09. The number of halogens is 1. The van der Waals surface area contributed by atoms with E-state index in [4.69, 9.17) is 4.18 Å². The highest BCUT2D eigenvalue weighted by atomic mass is 79.9. The average molecular weight is 321 g/mol. The van der Waals surface area contributed by atoms with E-state index in [1.165, 1.54) is 0 Å². The van der Waals surface area contributed by atoms with E-state index in [0.29, 0.717) is 5.33 Å². The van der Waals surface area contributed by atoms with E-state index >= 15 is 0 Å². The van der Waals surface area contributed by atoms with Gasteiger partial charge in [-0.05, 0) is 24.5 Å². The first-order chi connectivity index (χ1) is 7.77. The van der Waals surface area contributed by atoms with Crippen LogP contribution in [0.5, 0.6) is 0 Å². The lowest BCUT2D eigenvalue weighted by molar-refractivity contribution is 0.208. The highest BCUT2D eigenvalue weighted by Crippen LogP contribution is 2.21. The maximum absolute atomic E-state index is 11.9. The molecule has 0 spiro atoms. The molecule has 0 atom stereocenters. The minimum Gasteiger partial charge on any atom is -0.266 e. The zero-order valence-corrected chi connectivity index (χ0v) is 12.6. The fourth-order valence-corrected chi connectivity index (χ4v) is 2.29. The van der Waals surface area contributed by atoms with Crippen LogP contribution < -0.4 is 0 Å². The van der Waals surface area contributed by atoms with E-state index in [0.717, 1.165) is 5.56 Å². The lowest BCUT2D eigenvalue weighted by Crippen LogP contribution is -2.23. The first kappa shape index (κ1) is 14.7. The van der Waals surface area contributed by atoms with Crippen molar-refractivity contribution in [3.05, 3.63) is 29.8 Å². The van der Waals surface area contributed by atoms with Crippen LogP contribution in [0.3, 0.4) is 0 Å². The molecule has 0 aromatic heterocycles. The Hall–Kier alpha value is -0.390. The van der Waals surface area contributed by atoms with Gasteiger partial charge in [-0.1, -0.05) is 47.5 Å². The predicted octanol–water partition coefficient (Wildman–Crippen LogP) is 3.12. The summed E-state index contributed by atoms with van der Waals surface area (Å²) in [7, 11) is -3.64. The monoisotopic (exact) mass is 320 g/mol. The second-order valence-electron chi connectivity index (χ2n) is 4.83. The van der Waals surface area contributed by atoms with Crippen molar-refractivity contribution in [1.29, 1.82) is 0 Å². The Bertz CT molecular complexity index is 463. The maximum atomic E-state index is 11.9. The van der Waals surface area contributed by atoms with Crippen LogP contribution in [0.15, 0.2) is 29.2 Å². The maximum Gasteiger partial charge on any atom is 0.296 e. The van der Waals surface area contributed by atoms with Gasteiger partial charge in [0.1, 0.15) is 0 Å². The fourth-order valence-electron chi connectivity index (χ4n) is 1.05. The zero-order chi connectivity index (χ0) is 13.1. The van der Waals surface area contributed by atoms with Gasteiger partial charge in [-0.3, -0.25) is 4.18 Å². The van der Waals surface area contributed by atoms with Gasteiger partial charge in [-0.2, -0.15) is 8.42 Å². The molecule has 0 radical (unpaired) electrons. The number of hydrogen-bond donors (Lipinski definition) is 0. The van der Waals surface area contributed by atoms with Crippen LogP contribution in [0, 0.1) is 12.3 Å². The van der Waals surface area contributed by atoms with Crippen LogP contribution in [0.1, 0.15) is 19.4 Å². The van der Waals surface area contributed by atoms with Crippen molar-refractivity contribution in [3.63, 3.8) is 0 Å². The van der Waals surface area contributed by atoms with Crippen molar-refractivity contribution < 1.29 is 12.6 Å². The number of benzene rings is 1. The number of alkyl halides is 1. The molecule has 0 heterocycles. The summed E-state index contributed by atoms with van der Waals surface area (Å²) in [6.07, 6.45) is 0. The summed E-state index contributed by atoms with van der Waals surface area (Å²) in [6, 6.07) is 6.63. The average Bonchev–Trinajstić information content (AvgIpc) is 2.27. The molecule has 0 aliphatic rings. The third kappa shape index (κ3) is 4.41. The summed E-state index contributed by atoms with van der Waals surface area (Å²) in [4.78, 5) is 0.202. The van der Waals surface area contributed by atoms with E-state index in [1.54, 1.807) is 24.3 Å². The second-order valence-corrected chi connectivity index (χ2v) is 7.00. The van der Waals surface area contributed by atoms with Gasteiger partial charge >= 0.3 is 0 Å². The molecule has 0 aliphatic carbocycles.